The number of unbranched alkanes of at least 4 members (excludes halogenated alkanes) is 4. The molecule has 0 spiro atoms. The molecule has 5 nitrogen and oxygen atoms in total. The molecule has 0 aromatic carbocycles. The minimum absolute atomic E-state index is 0.235. The molecule has 138 valence electrons. The highest BCUT2D eigenvalue weighted by Crippen LogP contribution is 1.92. The lowest BCUT2D eigenvalue weighted by Gasteiger charge is -2.04. The monoisotopic (exact) mass is 328 g/mol. The zero-order chi connectivity index (χ0) is 16.8. The molecule has 0 unspecified atom stereocenters. The topological polar surface area (TPSA) is 68.3 Å². The van der Waals surface area contributed by atoms with Crippen LogP contribution in [0.4, 0.5) is 0 Å². The highest BCUT2D eigenvalue weighted by atomic mass is 16.3. The van der Waals surface area contributed by atoms with E-state index in [1.54, 1.807) is 0 Å². The zero-order valence-corrected chi connectivity index (χ0v) is 15.2. The van der Waals surface area contributed by atoms with E-state index >= 15 is 0 Å². The van der Waals surface area contributed by atoms with Crippen molar-refractivity contribution in [1.82, 2.24) is 21.3 Å². The Balaban J connectivity index is 3.03. The van der Waals surface area contributed by atoms with Crippen molar-refractivity contribution >= 4 is 0 Å². The summed E-state index contributed by atoms with van der Waals surface area (Å²) in [5.41, 5.74) is 0. The predicted molar refractivity (Wildman–Crippen MR) is 101 cm³/mol. The third-order valence-corrected chi connectivity index (χ3v) is 3.64. The first-order valence-corrected chi connectivity index (χ1v) is 9.50. The Bertz CT molecular complexity index is 237. The van der Waals surface area contributed by atoms with Gasteiger partial charge in [0.15, 0.2) is 0 Å². The summed E-state index contributed by atoms with van der Waals surface area (Å²) in [7, 11) is 0. The Morgan fingerprint density at radius 2 is 1.09 bits per heavy atom. The van der Waals surface area contributed by atoms with Crippen molar-refractivity contribution in [2.75, 3.05) is 59.0 Å². The van der Waals surface area contributed by atoms with Crippen LogP contribution in [0.15, 0.2) is 12.2 Å². The van der Waals surface area contributed by atoms with Gasteiger partial charge in [-0.05, 0) is 58.4 Å². The number of rotatable bonds is 19. The average molecular weight is 329 g/mol. The number of hydrogen-bond acceptors (Lipinski definition) is 5. The maximum Gasteiger partial charge on any atom is 0.0555 e. The Labute approximate surface area is 143 Å². The van der Waals surface area contributed by atoms with Gasteiger partial charge in [-0.25, -0.2) is 0 Å². The SMILES string of the molecule is CCNCCCCCNC/C=C\CNCCCCCNCCO. The Morgan fingerprint density at radius 3 is 1.57 bits per heavy atom. The lowest BCUT2D eigenvalue weighted by atomic mass is 10.2. The molecule has 0 aliphatic rings. The van der Waals surface area contributed by atoms with Crippen LogP contribution < -0.4 is 21.3 Å². The molecule has 0 saturated carbocycles. The molecule has 0 radical (unpaired) electrons. The summed E-state index contributed by atoms with van der Waals surface area (Å²) < 4.78 is 0. The molecule has 0 heterocycles. The first kappa shape index (κ1) is 22.5. The van der Waals surface area contributed by atoms with E-state index in [0.717, 1.165) is 45.8 Å². The number of aliphatic hydroxyl groups excluding tert-OH is 1. The molecule has 0 atom stereocenters. The molecule has 0 aliphatic carbocycles. The lowest BCUT2D eigenvalue weighted by molar-refractivity contribution is 0.292. The van der Waals surface area contributed by atoms with Crippen molar-refractivity contribution in [3.8, 4) is 0 Å². The van der Waals surface area contributed by atoms with Crippen LogP contribution >= 0.6 is 0 Å². The summed E-state index contributed by atoms with van der Waals surface area (Å²) in [6.45, 7) is 10.5. The highest BCUT2D eigenvalue weighted by molar-refractivity contribution is 4.85. The molecule has 5 N–H and O–H groups in total. The van der Waals surface area contributed by atoms with Gasteiger partial charge in [0.05, 0.1) is 6.61 Å². The van der Waals surface area contributed by atoms with E-state index in [4.69, 9.17) is 5.11 Å². The Kier molecular flexibility index (Phi) is 21.1. The van der Waals surface area contributed by atoms with Crippen molar-refractivity contribution in [1.29, 1.82) is 0 Å². The smallest absolute Gasteiger partial charge is 0.0555 e. The van der Waals surface area contributed by atoms with Crippen LogP contribution in [0, 0.1) is 0 Å². The minimum Gasteiger partial charge on any atom is -0.395 e. The van der Waals surface area contributed by atoms with Crippen LogP contribution in [0.2, 0.25) is 0 Å². The maximum atomic E-state index is 8.62. The van der Waals surface area contributed by atoms with E-state index < -0.39 is 0 Å². The molecule has 0 aromatic heterocycles. The number of nitrogens with one attached hydrogen (secondary N) is 4. The minimum atomic E-state index is 0.235. The second kappa shape index (κ2) is 21.5. The third kappa shape index (κ3) is 21.5. The fourth-order valence-electron chi connectivity index (χ4n) is 2.27. The van der Waals surface area contributed by atoms with Crippen LogP contribution in [0.25, 0.3) is 0 Å². The van der Waals surface area contributed by atoms with Crippen molar-refractivity contribution in [3.63, 3.8) is 0 Å². The van der Waals surface area contributed by atoms with Gasteiger partial charge >= 0.3 is 0 Å². The van der Waals surface area contributed by atoms with E-state index in [9.17, 15) is 0 Å². The normalized spacial score (nSPS) is 11.6. The van der Waals surface area contributed by atoms with Gasteiger partial charge in [0.2, 0.25) is 0 Å². The second-order valence-electron chi connectivity index (χ2n) is 5.83. The van der Waals surface area contributed by atoms with E-state index in [-0.39, 0.29) is 6.61 Å². The molecule has 0 fully saturated rings. The van der Waals surface area contributed by atoms with Gasteiger partial charge in [0.25, 0.3) is 0 Å². The van der Waals surface area contributed by atoms with E-state index in [1.165, 1.54) is 38.5 Å². The molecule has 0 amide bonds. The molecule has 0 bridgehead atoms. The molecule has 0 saturated heterocycles. The highest BCUT2D eigenvalue weighted by Gasteiger charge is 1.90. The summed E-state index contributed by atoms with van der Waals surface area (Å²) in [6, 6.07) is 0. The van der Waals surface area contributed by atoms with Crippen molar-refractivity contribution < 1.29 is 5.11 Å². The fourth-order valence-corrected chi connectivity index (χ4v) is 2.27. The van der Waals surface area contributed by atoms with Gasteiger partial charge < -0.3 is 26.4 Å². The Hall–Kier alpha value is -0.460. The third-order valence-electron chi connectivity index (χ3n) is 3.64. The summed E-state index contributed by atoms with van der Waals surface area (Å²) in [5.74, 6) is 0. The predicted octanol–water partition coefficient (Wildman–Crippen LogP) is 1.25. The first-order chi connectivity index (χ1) is 11.4. The average Bonchev–Trinajstić information content (AvgIpc) is 2.57. The first-order valence-electron chi connectivity index (χ1n) is 9.50. The standard InChI is InChI=1S/C18H40N4O/c1-2-19-11-5-3-6-12-20-15-9-10-16-21-13-7-4-8-14-22-17-18-23/h9-10,19-23H,2-8,11-18H2,1H3/b10-9-. The van der Waals surface area contributed by atoms with Crippen molar-refractivity contribution in [2.45, 2.75) is 45.4 Å². The van der Waals surface area contributed by atoms with Gasteiger partial charge in [-0.2, -0.15) is 0 Å². The van der Waals surface area contributed by atoms with Gasteiger partial charge in [-0.1, -0.05) is 31.9 Å². The lowest BCUT2D eigenvalue weighted by Crippen LogP contribution is -2.20. The van der Waals surface area contributed by atoms with Crippen LogP contribution in [0.1, 0.15) is 45.4 Å². The molecular weight excluding hydrogens is 288 g/mol. The van der Waals surface area contributed by atoms with Crippen LogP contribution in [0.3, 0.4) is 0 Å². The van der Waals surface area contributed by atoms with Crippen LogP contribution in [-0.2, 0) is 0 Å². The fraction of sp³-hybridized carbons (Fsp3) is 0.889. The van der Waals surface area contributed by atoms with Gasteiger partial charge in [-0.3, -0.25) is 0 Å². The van der Waals surface area contributed by atoms with Gasteiger partial charge in [0.1, 0.15) is 0 Å². The van der Waals surface area contributed by atoms with Crippen molar-refractivity contribution in [2.24, 2.45) is 0 Å². The molecule has 23 heavy (non-hydrogen) atoms. The largest absolute Gasteiger partial charge is 0.395 e. The zero-order valence-electron chi connectivity index (χ0n) is 15.2. The second-order valence-corrected chi connectivity index (χ2v) is 5.83. The van der Waals surface area contributed by atoms with Gasteiger partial charge in [0, 0.05) is 19.6 Å². The molecular formula is C18H40N4O. The Morgan fingerprint density at radius 1 is 0.609 bits per heavy atom. The summed E-state index contributed by atoms with van der Waals surface area (Å²) in [5, 5.41) is 22.1. The van der Waals surface area contributed by atoms with Gasteiger partial charge in [-0.15, -0.1) is 0 Å². The van der Waals surface area contributed by atoms with E-state index in [0.29, 0.717) is 6.54 Å². The van der Waals surface area contributed by atoms with E-state index in [2.05, 4.69) is 40.3 Å². The quantitative estimate of drug-likeness (QED) is 0.182. The number of aliphatic hydroxyl groups is 1. The summed E-state index contributed by atoms with van der Waals surface area (Å²) in [6.07, 6.45) is 11.9. The number of hydrogen-bond donors (Lipinski definition) is 5. The summed E-state index contributed by atoms with van der Waals surface area (Å²) >= 11 is 0. The van der Waals surface area contributed by atoms with Crippen LogP contribution in [-0.4, -0.2) is 64.1 Å². The van der Waals surface area contributed by atoms with Crippen molar-refractivity contribution in [3.05, 3.63) is 12.2 Å². The maximum absolute atomic E-state index is 8.62. The molecule has 0 aromatic rings. The molecule has 0 aliphatic heterocycles. The molecule has 5 heteroatoms. The van der Waals surface area contributed by atoms with E-state index in [1.807, 2.05) is 0 Å². The molecule has 0 rings (SSSR count). The van der Waals surface area contributed by atoms with Crippen LogP contribution in [0.5, 0.6) is 0 Å². The summed E-state index contributed by atoms with van der Waals surface area (Å²) in [4.78, 5) is 0.